The molecule has 1 aromatic rings. The van der Waals surface area contributed by atoms with Gasteiger partial charge in [-0.15, -0.1) is 0 Å². The second kappa shape index (κ2) is 6.93. The van der Waals surface area contributed by atoms with Gasteiger partial charge >= 0.3 is 6.03 Å². The zero-order valence-electron chi connectivity index (χ0n) is 14.0. The predicted octanol–water partition coefficient (Wildman–Crippen LogP) is 2.66. The van der Waals surface area contributed by atoms with Crippen LogP contribution in [0.15, 0.2) is 16.7 Å². The number of rotatable bonds is 4. The third kappa shape index (κ3) is 3.87. The third-order valence-corrected chi connectivity index (χ3v) is 4.94. The van der Waals surface area contributed by atoms with Crippen molar-refractivity contribution in [3.05, 3.63) is 23.7 Å². The molecule has 2 fully saturated rings. The van der Waals surface area contributed by atoms with Crippen LogP contribution < -0.4 is 5.32 Å². The van der Waals surface area contributed by atoms with E-state index < -0.39 is 0 Å². The molecule has 0 radical (unpaired) electrons. The second-order valence-corrected chi connectivity index (χ2v) is 6.60. The summed E-state index contributed by atoms with van der Waals surface area (Å²) in [5, 5.41) is 3.04. The summed E-state index contributed by atoms with van der Waals surface area (Å²) in [6.07, 6.45) is 5.58. The smallest absolute Gasteiger partial charge is 0.317 e. The maximum absolute atomic E-state index is 12.2. The van der Waals surface area contributed by atoms with Gasteiger partial charge in [0.1, 0.15) is 5.76 Å². The maximum atomic E-state index is 12.2. The van der Waals surface area contributed by atoms with Gasteiger partial charge in [0.2, 0.25) is 0 Å². The van der Waals surface area contributed by atoms with Gasteiger partial charge in [0, 0.05) is 32.0 Å². The van der Waals surface area contributed by atoms with E-state index in [4.69, 9.17) is 13.9 Å². The lowest BCUT2D eigenvalue weighted by atomic mass is 9.85. The predicted molar refractivity (Wildman–Crippen MR) is 84.9 cm³/mol. The summed E-state index contributed by atoms with van der Waals surface area (Å²) in [6.45, 7) is 4.60. The Morgan fingerprint density at radius 3 is 2.65 bits per heavy atom. The van der Waals surface area contributed by atoms with Crippen LogP contribution in [0.3, 0.4) is 0 Å². The molecule has 1 aromatic heterocycles. The molecule has 1 saturated carbocycles. The highest BCUT2D eigenvalue weighted by Gasteiger charge is 2.40. The summed E-state index contributed by atoms with van der Waals surface area (Å²) in [6, 6.07) is 1.86. The molecular weight excluding hydrogens is 296 g/mol. The van der Waals surface area contributed by atoms with Crippen molar-refractivity contribution >= 4 is 6.03 Å². The van der Waals surface area contributed by atoms with Crippen LogP contribution in [0, 0.1) is 12.8 Å². The van der Waals surface area contributed by atoms with E-state index in [9.17, 15) is 4.79 Å². The van der Waals surface area contributed by atoms with Crippen LogP contribution >= 0.6 is 0 Å². The first-order valence-corrected chi connectivity index (χ1v) is 8.38. The van der Waals surface area contributed by atoms with E-state index in [0.29, 0.717) is 32.2 Å². The average Bonchev–Trinajstić information content (AvgIpc) is 3.17. The van der Waals surface area contributed by atoms with Gasteiger partial charge in [0.15, 0.2) is 5.79 Å². The number of urea groups is 1. The van der Waals surface area contributed by atoms with Crippen molar-refractivity contribution in [2.45, 2.75) is 44.9 Å². The lowest BCUT2D eigenvalue weighted by Crippen LogP contribution is -2.42. The van der Waals surface area contributed by atoms with Gasteiger partial charge in [-0.25, -0.2) is 4.79 Å². The Labute approximate surface area is 137 Å². The molecular formula is C17H26N2O4. The molecule has 0 bridgehead atoms. The Kier molecular flexibility index (Phi) is 4.92. The van der Waals surface area contributed by atoms with Crippen molar-refractivity contribution in [3.8, 4) is 0 Å². The normalized spacial score (nSPS) is 20.8. The molecule has 1 aliphatic heterocycles. The zero-order chi connectivity index (χ0) is 16.3. The van der Waals surface area contributed by atoms with Crippen molar-refractivity contribution in [3.63, 3.8) is 0 Å². The van der Waals surface area contributed by atoms with E-state index in [1.807, 2.05) is 13.0 Å². The molecule has 2 aliphatic rings. The summed E-state index contributed by atoms with van der Waals surface area (Å²) in [5.41, 5.74) is 1.04. The monoisotopic (exact) mass is 322 g/mol. The molecule has 23 heavy (non-hydrogen) atoms. The van der Waals surface area contributed by atoms with Crippen molar-refractivity contribution < 1.29 is 18.7 Å². The number of ether oxygens (including phenoxy) is 2. The standard InChI is InChI=1S/C17H26N2O4/c1-13-15(5-8-21-13)12-19(2)16(20)18-11-14-3-6-17(7-4-14)22-9-10-23-17/h5,8,14H,3-4,6-7,9-12H2,1-2H3,(H,18,20). The molecule has 1 spiro atoms. The van der Waals surface area contributed by atoms with Crippen LogP contribution in [0.25, 0.3) is 0 Å². The van der Waals surface area contributed by atoms with E-state index in [1.54, 1.807) is 18.2 Å². The lowest BCUT2D eigenvalue weighted by Gasteiger charge is -2.35. The summed E-state index contributed by atoms with van der Waals surface area (Å²) < 4.78 is 16.7. The average molecular weight is 322 g/mol. The molecule has 1 aliphatic carbocycles. The first-order chi connectivity index (χ1) is 11.1. The summed E-state index contributed by atoms with van der Waals surface area (Å²) in [5.74, 6) is 1.04. The fraction of sp³-hybridized carbons (Fsp3) is 0.706. The molecule has 2 heterocycles. The number of nitrogens with zero attached hydrogens (tertiary/aromatic N) is 1. The molecule has 1 saturated heterocycles. The number of furan rings is 1. The van der Waals surface area contributed by atoms with Gasteiger partial charge in [0.05, 0.1) is 26.0 Å². The Hall–Kier alpha value is -1.53. The van der Waals surface area contributed by atoms with Crippen molar-refractivity contribution in [1.82, 2.24) is 10.2 Å². The maximum Gasteiger partial charge on any atom is 0.317 e. The van der Waals surface area contributed by atoms with E-state index in [-0.39, 0.29) is 11.8 Å². The van der Waals surface area contributed by atoms with E-state index in [1.165, 1.54) is 0 Å². The molecule has 3 rings (SSSR count). The van der Waals surface area contributed by atoms with Gasteiger partial charge in [-0.1, -0.05) is 0 Å². The molecule has 6 nitrogen and oxygen atoms in total. The van der Waals surface area contributed by atoms with Gasteiger partial charge in [0.25, 0.3) is 0 Å². The van der Waals surface area contributed by atoms with Crippen molar-refractivity contribution in [1.29, 1.82) is 0 Å². The largest absolute Gasteiger partial charge is 0.469 e. The number of nitrogens with one attached hydrogen (secondary N) is 1. The van der Waals surface area contributed by atoms with Gasteiger partial charge in [-0.2, -0.15) is 0 Å². The van der Waals surface area contributed by atoms with Crippen molar-refractivity contribution in [2.24, 2.45) is 5.92 Å². The number of hydrogen-bond donors (Lipinski definition) is 1. The summed E-state index contributed by atoms with van der Waals surface area (Å²) in [7, 11) is 1.80. The highest BCUT2D eigenvalue weighted by atomic mass is 16.7. The van der Waals surface area contributed by atoms with Crippen LogP contribution in [0.2, 0.25) is 0 Å². The van der Waals surface area contributed by atoms with Gasteiger partial charge in [-0.3, -0.25) is 0 Å². The zero-order valence-corrected chi connectivity index (χ0v) is 14.0. The highest BCUT2D eigenvalue weighted by Crippen LogP contribution is 2.37. The summed E-state index contributed by atoms with van der Waals surface area (Å²) in [4.78, 5) is 13.9. The van der Waals surface area contributed by atoms with E-state index in [2.05, 4.69) is 5.32 Å². The minimum absolute atomic E-state index is 0.0424. The topological polar surface area (TPSA) is 63.9 Å². The van der Waals surface area contributed by atoms with Crippen molar-refractivity contribution in [2.75, 3.05) is 26.8 Å². The quantitative estimate of drug-likeness (QED) is 0.925. The number of carbonyl (C=O) groups excluding carboxylic acids is 1. The van der Waals surface area contributed by atoms with Gasteiger partial charge < -0.3 is 24.1 Å². The number of carbonyl (C=O) groups is 1. The Morgan fingerprint density at radius 2 is 2.04 bits per heavy atom. The van der Waals surface area contributed by atoms with E-state index >= 15 is 0 Å². The fourth-order valence-corrected chi connectivity index (χ4v) is 3.38. The van der Waals surface area contributed by atoms with Gasteiger partial charge in [-0.05, 0) is 31.7 Å². The second-order valence-electron chi connectivity index (χ2n) is 6.60. The molecule has 0 unspecified atom stereocenters. The first kappa shape index (κ1) is 16.3. The van der Waals surface area contributed by atoms with Crippen LogP contribution in [-0.4, -0.2) is 43.5 Å². The fourth-order valence-electron chi connectivity index (χ4n) is 3.38. The molecule has 0 atom stereocenters. The lowest BCUT2D eigenvalue weighted by molar-refractivity contribution is -0.182. The molecule has 1 N–H and O–H groups in total. The summed E-state index contributed by atoms with van der Waals surface area (Å²) >= 11 is 0. The van der Waals surface area contributed by atoms with Crippen LogP contribution in [0.5, 0.6) is 0 Å². The number of aryl methyl sites for hydroxylation is 1. The van der Waals surface area contributed by atoms with Crippen LogP contribution in [0.1, 0.15) is 37.0 Å². The Balaban J connectivity index is 1.40. The number of hydrogen-bond acceptors (Lipinski definition) is 4. The molecule has 128 valence electrons. The first-order valence-electron chi connectivity index (χ1n) is 8.38. The SMILES string of the molecule is Cc1occc1CN(C)C(=O)NCC1CCC2(CC1)OCCO2. The van der Waals surface area contributed by atoms with Crippen LogP contribution in [-0.2, 0) is 16.0 Å². The molecule has 2 amide bonds. The minimum atomic E-state index is -0.323. The Morgan fingerprint density at radius 1 is 1.35 bits per heavy atom. The van der Waals surface area contributed by atoms with Crippen LogP contribution in [0.4, 0.5) is 4.79 Å². The molecule has 6 heteroatoms. The Bertz CT molecular complexity index is 526. The molecule has 0 aromatic carbocycles. The van der Waals surface area contributed by atoms with E-state index in [0.717, 1.165) is 37.0 Å². The number of amides is 2. The third-order valence-electron chi connectivity index (χ3n) is 4.94. The highest BCUT2D eigenvalue weighted by molar-refractivity contribution is 5.73. The minimum Gasteiger partial charge on any atom is -0.469 e.